The van der Waals surface area contributed by atoms with Crippen molar-refractivity contribution in [3.8, 4) is 0 Å². The average molecular weight is 398 g/mol. The van der Waals surface area contributed by atoms with Crippen LogP contribution >= 0.6 is 11.8 Å². The molecule has 150 valence electrons. The van der Waals surface area contributed by atoms with Crippen LogP contribution in [0, 0.1) is 0 Å². The maximum atomic E-state index is 13.2. The van der Waals surface area contributed by atoms with Crippen molar-refractivity contribution >= 4 is 23.4 Å². The van der Waals surface area contributed by atoms with Crippen LogP contribution in [0.3, 0.4) is 0 Å². The number of benzene rings is 2. The van der Waals surface area contributed by atoms with E-state index in [9.17, 15) is 4.79 Å². The lowest BCUT2D eigenvalue weighted by Gasteiger charge is -2.21. The molecule has 0 aromatic heterocycles. The topological polar surface area (TPSA) is 38.3 Å². The number of ether oxygens (including phenoxy) is 1. The van der Waals surface area contributed by atoms with Crippen LogP contribution in [0.4, 0.5) is 5.69 Å². The predicted molar refractivity (Wildman–Crippen MR) is 119 cm³/mol. The fourth-order valence-electron chi connectivity index (χ4n) is 3.61. The van der Waals surface area contributed by atoms with Gasteiger partial charge in [-0.25, -0.2) is 0 Å². The Kier molecular flexibility index (Phi) is 7.19. The van der Waals surface area contributed by atoms with E-state index >= 15 is 0 Å². The first kappa shape index (κ1) is 20.9. The summed E-state index contributed by atoms with van der Waals surface area (Å²) in [5.74, 6) is 1.55. The maximum absolute atomic E-state index is 13.2. The van der Waals surface area contributed by atoms with E-state index in [-0.39, 0.29) is 5.91 Å². The number of carbonyl (C=O) groups is 1. The van der Waals surface area contributed by atoms with Gasteiger partial charge in [0.2, 0.25) is 0 Å². The molecule has 1 N–H and O–H groups in total. The number of hydrogen-bond acceptors (Lipinski definition) is 3. The third-order valence-corrected chi connectivity index (χ3v) is 6.40. The molecular formula is C24H31NO2S. The lowest BCUT2D eigenvalue weighted by atomic mass is 9.92. The van der Waals surface area contributed by atoms with Gasteiger partial charge in [0.1, 0.15) is 0 Å². The van der Waals surface area contributed by atoms with Crippen LogP contribution in [-0.2, 0) is 4.74 Å². The summed E-state index contributed by atoms with van der Waals surface area (Å²) in [4.78, 5) is 14.2. The molecule has 0 aliphatic carbocycles. The van der Waals surface area contributed by atoms with Gasteiger partial charge in [-0.15, -0.1) is 11.8 Å². The zero-order valence-corrected chi connectivity index (χ0v) is 18.1. The molecule has 0 bridgehead atoms. The first-order valence-corrected chi connectivity index (χ1v) is 11.2. The molecule has 2 aromatic rings. The lowest BCUT2D eigenvalue weighted by Crippen LogP contribution is -2.17. The molecule has 0 unspecified atom stereocenters. The highest BCUT2D eigenvalue weighted by atomic mass is 32.2. The number of anilines is 1. The van der Waals surface area contributed by atoms with Crippen LogP contribution in [0.25, 0.3) is 0 Å². The van der Waals surface area contributed by atoms with Crippen molar-refractivity contribution in [3.05, 3.63) is 59.2 Å². The molecular weight excluding hydrogens is 366 g/mol. The zero-order chi connectivity index (χ0) is 20.1. The Morgan fingerprint density at radius 2 is 1.75 bits per heavy atom. The summed E-state index contributed by atoms with van der Waals surface area (Å²) >= 11 is 1.72. The Morgan fingerprint density at radius 3 is 2.36 bits per heavy atom. The van der Waals surface area contributed by atoms with Crippen molar-refractivity contribution < 1.29 is 9.53 Å². The van der Waals surface area contributed by atoms with Gasteiger partial charge >= 0.3 is 0 Å². The first-order chi connectivity index (χ1) is 13.5. The zero-order valence-electron chi connectivity index (χ0n) is 17.3. The van der Waals surface area contributed by atoms with Crippen molar-refractivity contribution in [1.29, 1.82) is 0 Å². The Bertz CT molecular complexity index is 784. The second kappa shape index (κ2) is 9.62. The predicted octanol–water partition coefficient (Wildman–Crippen LogP) is 6.46. The normalized spacial score (nSPS) is 16.7. The number of carbonyl (C=O) groups excluding carboxylic acids is 1. The molecule has 1 aliphatic rings. The largest absolute Gasteiger partial charge is 0.377 e. The van der Waals surface area contributed by atoms with Crippen LogP contribution in [-0.4, -0.2) is 24.4 Å². The summed E-state index contributed by atoms with van der Waals surface area (Å²) in [5, 5.41) is 3.24. The summed E-state index contributed by atoms with van der Waals surface area (Å²) < 4.78 is 5.73. The number of amides is 1. The van der Waals surface area contributed by atoms with E-state index in [2.05, 4.69) is 51.2 Å². The minimum Gasteiger partial charge on any atom is -0.377 e. The first-order valence-electron chi connectivity index (χ1n) is 10.2. The second-order valence-electron chi connectivity index (χ2n) is 8.02. The van der Waals surface area contributed by atoms with Crippen molar-refractivity contribution in [3.63, 3.8) is 0 Å². The second-order valence-corrected chi connectivity index (χ2v) is 9.08. The molecule has 0 spiro atoms. The fraction of sp³-hybridized carbons (Fsp3) is 0.458. The molecule has 1 atom stereocenters. The fourth-order valence-corrected chi connectivity index (χ4v) is 4.73. The number of rotatable bonds is 7. The van der Waals surface area contributed by atoms with E-state index in [1.54, 1.807) is 11.8 Å². The van der Waals surface area contributed by atoms with Gasteiger partial charge in [0.05, 0.1) is 11.7 Å². The summed E-state index contributed by atoms with van der Waals surface area (Å²) in [5.41, 5.74) is 4.07. The summed E-state index contributed by atoms with van der Waals surface area (Å²) in [6.07, 6.45) is 2.55. The Labute approximate surface area is 173 Å². The lowest BCUT2D eigenvalue weighted by molar-refractivity contribution is 0.102. The average Bonchev–Trinajstić information content (AvgIpc) is 3.20. The summed E-state index contributed by atoms with van der Waals surface area (Å²) in [6.45, 7) is 9.53. The molecule has 1 aliphatic heterocycles. The molecule has 0 saturated carbocycles. The molecule has 1 heterocycles. The quantitative estimate of drug-likeness (QED) is 0.545. The Hall–Kier alpha value is -1.78. The third kappa shape index (κ3) is 4.98. The van der Waals surface area contributed by atoms with Crippen molar-refractivity contribution in [2.24, 2.45) is 0 Å². The molecule has 1 amide bonds. The van der Waals surface area contributed by atoms with Gasteiger partial charge in [-0.05, 0) is 47.9 Å². The molecule has 2 aromatic carbocycles. The maximum Gasteiger partial charge on any atom is 0.256 e. The SMILES string of the molecule is CC(C)c1cccc(C(C)C)c1NC(=O)c1ccccc1SC[C@H]1CCCO1. The van der Waals surface area contributed by atoms with E-state index in [1.165, 1.54) is 11.1 Å². The summed E-state index contributed by atoms with van der Waals surface area (Å²) in [6, 6.07) is 14.2. The van der Waals surface area contributed by atoms with Gasteiger partial charge in [0, 0.05) is 22.9 Å². The molecule has 4 heteroatoms. The van der Waals surface area contributed by atoms with Gasteiger partial charge in [-0.2, -0.15) is 0 Å². The van der Waals surface area contributed by atoms with Gasteiger partial charge in [-0.1, -0.05) is 58.0 Å². The number of thioether (sulfide) groups is 1. The smallest absolute Gasteiger partial charge is 0.256 e. The van der Waals surface area contributed by atoms with Crippen LogP contribution in [0.2, 0.25) is 0 Å². The van der Waals surface area contributed by atoms with E-state index in [0.29, 0.717) is 17.9 Å². The Balaban J connectivity index is 1.84. The van der Waals surface area contributed by atoms with E-state index in [4.69, 9.17) is 4.74 Å². The van der Waals surface area contributed by atoms with E-state index < -0.39 is 0 Å². The molecule has 1 fully saturated rings. The standard InChI is InChI=1S/C24H31NO2S/c1-16(2)19-11-7-12-20(17(3)4)23(19)25-24(26)21-10-5-6-13-22(21)28-15-18-9-8-14-27-18/h5-7,10-13,16-18H,8-9,14-15H2,1-4H3,(H,25,26)/t18-/m1/s1. The molecule has 28 heavy (non-hydrogen) atoms. The van der Waals surface area contributed by atoms with E-state index in [1.807, 2.05) is 24.3 Å². The van der Waals surface area contributed by atoms with E-state index in [0.717, 1.165) is 41.3 Å². The van der Waals surface area contributed by atoms with Crippen molar-refractivity contribution in [1.82, 2.24) is 0 Å². The van der Waals surface area contributed by atoms with Crippen molar-refractivity contribution in [2.75, 3.05) is 17.7 Å². The van der Waals surface area contributed by atoms with Gasteiger partial charge < -0.3 is 10.1 Å². The number of hydrogen-bond donors (Lipinski definition) is 1. The molecule has 0 radical (unpaired) electrons. The Morgan fingerprint density at radius 1 is 1.07 bits per heavy atom. The van der Waals surface area contributed by atoms with Crippen LogP contribution in [0.5, 0.6) is 0 Å². The van der Waals surface area contributed by atoms with Crippen LogP contribution in [0.15, 0.2) is 47.4 Å². The van der Waals surface area contributed by atoms with Gasteiger partial charge in [0.25, 0.3) is 5.91 Å². The minimum absolute atomic E-state index is 0.0366. The molecule has 3 nitrogen and oxygen atoms in total. The van der Waals surface area contributed by atoms with Gasteiger partial charge in [0.15, 0.2) is 0 Å². The van der Waals surface area contributed by atoms with Gasteiger partial charge in [-0.3, -0.25) is 4.79 Å². The van der Waals surface area contributed by atoms with Crippen LogP contribution in [0.1, 0.15) is 73.9 Å². The van der Waals surface area contributed by atoms with Crippen LogP contribution < -0.4 is 5.32 Å². The monoisotopic (exact) mass is 397 g/mol. The highest BCUT2D eigenvalue weighted by Gasteiger charge is 2.20. The molecule has 1 saturated heterocycles. The molecule has 3 rings (SSSR count). The highest BCUT2D eigenvalue weighted by Crippen LogP contribution is 2.34. The van der Waals surface area contributed by atoms with Crippen molar-refractivity contribution in [2.45, 2.75) is 63.4 Å². The minimum atomic E-state index is -0.0366. The number of para-hydroxylation sites is 1. The number of nitrogens with one attached hydrogen (secondary N) is 1. The summed E-state index contributed by atoms with van der Waals surface area (Å²) in [7, 11) is 0. The third-order valence-electron chi connectivity index (χ3n) is 5.19. The highest BCUT2D eigenvalue weighted by molar-refractivity contribution is 7.99.